The summed E-state index contributed by atoms with van der Waals surface area (Å²) in [6.45, 7) is 5.76. The van der Waals surface area contributed by atoms with Gasteiger partial charge in [-0.1, -0.05) is 0 Å². The molecule has 0 saturated carbocycles. The molecule has 7 heteroatoms. The minimum atomic E-state index is -0.422. The van der Waals surface area contributed by atoms with Crippen LogP contribution in [-0.4, -0.2) is 55.1 Å². The van der Waals surface area contributed by atoms with Crippen molar-refractivity contribution in [3.63, 3.8) is 0 Å². The van der Waals surface area contributed by atoms with Gasteiger partial charge in [-0.2, -0.15) is 0 Å². The maximum Gasteiger partial charge on any atom is 0.251 e. The number of amides is 1. The zero-order valence-electron chi connectivity index (χ0n) is 13.1. The first-order valence-corrected chi connectivity index (χ1v) is 8.26. The first-order chi connectivity index (χ1) is 11.2. The summed E-state index contributed by atoms with van der Waals surface area (Å²) in [5, 5.41) is 3.33. The summed E-state index contributed by atoms with van der Waals surface area (Å²) >= 11 is 0. The Morgan fingerprint density at radius 2 is 1.83 bits per heavy atom. The van der Waals surface area contributed by atoms with Crippen molar-refractivity contribution in [2.24, 2.45) is 5.73 Å². The van der Waals surface area contributed by atoms with Crippen LogP contribution in [0.2, 0.25) is 0 Å². The van der Waals surface area contributed by atoms with Crippen LogP contribution in [0.5, 0.6) is 0 Å². The number of piperazine rings is 1. The molecule has 1 amide bonds. The molecule has 23 heavy (non-hydrogen) atoms. The third-order valence-electron chi connectivity index (χ3n) is 4.71. The number of nitrogens with zero attached hydrogens (tertiary/aromatic N) is 3. The van der Waals surface area contributed by atoms with E-state index in [1.165, 1.54) is 12.8 Å². The van der Waals surface area contributed by atoms with Crippen LogP contribution >= 0.6 is 0 Å². The van der Waals surface area contributed by atoms with E-state index < -0.39 is 5.91 Å². The van der Waals surface area contributed by atoms with E-state index in [1.54, 1.807) is 0 Å². The van der Waals surface area contributed by atoms with Gasteiger partial charge in [-0.15, -0.1) is 0 Å². The van der Waals surface area contributed by atoms with Gasteiger partial charge in [0.1, 0.15) is 5.52 Å². The van der Waals surface area contributed by atoms with Gasteiger partial charge < -0.3 is 25.8 Å². The molecule has 2 aliphatic heterocycles. The first kappa shape index (κ1) is 14.3. The summed E-state index contributed by atoms with van der Waals surface area (Å²) in [4.78, 5) is 24.4. The van der Waals surface area contributed by atoms with Crippen molar-refractivity contribution >= 4 is 28.6 Å². The van der Waals surface area contributed by atoms with E-state index in [9.17, 15) is 4.79 Å². The molecular formula is C16H22N6O. The van der Waals surface area contributed by atoms with Crippen LogP contribution in [-0.2, 0) is 0 Å². The number of nitrogens with one attached hydrogen (secondary N) is 2. The van der Waals surface area contributed by atoms with Gasteiger partial charge in [-0.05, 0) is 25.0 Å². The highest BCUT2D eigenvalue weighted by atomic mass is 16.1. The van der Waals surface area contributed by atoms with Crippen molar-refractivity contribution in [1.29, 1.82) is 0 Å². The molecule has 1 aromatic carbocycles. The summed E-state index contributed by atoms with van der Waals surface area (Å²) in [7, 11) is 0. The lowest BCUT2D eigenvalue weighted by atomic mass is 10.1. The smallest absolute Gasteiger partial charge is 0.251 e. The number of nitrogens with two attached hydrogens (primary N) is 1. The molecular weight excluding hydrogens is 292 g/mol. The fourth-order valence-electron chi connectivity index (χ4n) is 3.46. The molecule has 0 unspecified atom stereocenters. The molecule has 0 bridgehead atoms. The zero-order chi connectivity index (χ0) is 15.8. The van der Waals surface area contributed by atoms with Crippen molar-refractivity contribution in [1.82, 2.24) is 15.3 Å². The highest BCUT2D eigenvalue weighted by molar-refractivity contribution is 6.06. The number of H-pyrrole nitrogens is 1. The lowest BCUT2D eigenvalue weighted by molar-refractivity contribution is 0.100. The maximum atomic E-state index is 11.9. The number of hydrogen-bond donors (Lipinski definition) is 3. The number of hydrogen-bond acceptors (Lipinski definition) is 5. The third-order valence-corrected chi connectivity index (χ3v) is 4.71. The van der Waals surface area contributed by atoms with E-state index in [2.05, 4.69) is 31.2 Å². The van der Waals surface area contributed by atoms with Gasteiger partial charge in [0, 0.05) is 45.0 Å². The summed E-state index contributed by atoms with van der Waals surface area (Å²) < 4.78 is 0. The lowest BCUT2D eigenvalue weighted by Gasteiger charge is -2.26. The second kappa shape index (κ2) is 5.73. The predicted molar refractivity (Wildman–Crippen MR) is 91.1 cm³/mol. The molecule has 0 spiro atoms. The van der Waals surface area contributed by atoms with Gasteiger partial charge in [0.15, 0.2) is 0 Å². The maximum absolute atomic E-state index is 11.9. The standard InChI is InChI=1S/C16H22N6O/c17-15(23)12-9-11(21-5-1-2-6-21)10-13-14(12)20-16(19-13)22-7-3-18-4-8-22/h9-10,18H,1-8H2,(H2,17,23)(H,19,20). The summed E-state index contributed by atoms with van der Waals surface area (Å²) in [6, 6.07) is 3.98. The van der Waals surface area contributed by atoms with Gasteiger partial charge >= 0.3 is 0 Å². The van der Waals surface area contributed by atoms with E-state index in [-0.39, 0.29) is 0 Å². The Bertz CT molecular complexity index is 727. The Labute approximate surface area is 134 Å². The fourth-order valence-corrected chi connectivity index (χ4v) is 3.46. The minimum absolute atomic E-state index is 0.422. The van der Waals surface area contributed by atoms with E-state index in [0.29, 0.717) is 11.1 Å². The van der Waals surface area contributed by atoms with Crippen LogP contribution in [0.3, 0.4) is 0 Å². The quantitative estimate of drug-likeness (QED) is 0.775. The molecule has 7 nitrogen and oxygen atoms in total. The lowest BCUT2D eigenvalue weighted by Crippen LogP contribution is -2.44. The number of fused-ring (bicyclic) bond motifs is 1. The van der Waals surface area contributed by atoms with Gasteiger partial charge in [0.25, 0.3) is 5.91 Å². The van der Waals surface area contributed by atoms with Gasteiger partial charge in [0.05, 0.1) is 11.1 Å². The Hall–Kier alpha value is -2.28. The van der Waals surface area contributed by atoms with Gasteiger partial charge in [-0.3, -0.25) is 4.79 Å². The molecule has 2 aromatic rings. The van der Waals surface area contributed by atoms with Crippen LogP contribution in [0, 0.1) is 0 Å². The van der Waals surface area contributed by atoms with Gasteiger partial charge in [-0.25, -0.2) is 4.98 Å². The zero-order valence-corrected chi connectivity index (χ0v) is 13.1. The molecule has 2 fully saturated rings. The number of imidazole rings is 1. The highest BCUT2D eigenvalue weighted by Crippen LogP contribution is 2.29. The predicted octanol–water partition coefficient (Wildman–Crippen LogP) is 0.672. The molecule has 4 rings (SSSR count). The van der Waals surface area contributed by atoms with Crippen molar-refractivity contribution in [3.8, 4) is 0 Å². The number of carbonyl (C=O) groups excluding carboxylic acids is 1. The van der Waals surface area contributed by atoms with E-state index in [0.717, 1.165) is 56.4 Å². The number of aromatic nitrogens is 2. The van der Waals surface area contributed by atoms with Crippen LogP contribution < -0.4 is 20.9 Å². The first-order valence-electron chi connectivity index (χ1n) is 8.26. The summed E-state index contributed by atoms with van der Waals surface area (Å²) in [6.07, 6.45) is 2.39. The Kier molecular flexibility index (Phi) is 3.57. The second-order valence-electron chi connectivity index (χ2n) is 6.25. The van der Waals surface area contributed by atoms with Crippen molar-refractivity contribution in [3.05, 3.63) is 17.7 Å². The fraction of sp³-hybridized carbons (Fsp3) is 0.500. The number of carbonyl (C=O) groups is 1. The molecule has 2 aliphatic rings. The van der Waals surface area contributed by atoms with Crippen LogP contribution in [0.25, 0.3) is 11.0 Å². The largest absolute Gasteiger partial charge is 0.371 e. The number of primary amides is 1. The Balaban J connectivity index is 1.78. The van der Waals surface area contributed by atoms with Gasteiger partial charge in [0.2, 0.25) is 5.95 Å². The molecule has 2 saturated heterocycles. The van der Waals surface area contributed by atoms with Crippen LogP contribution in [0.1, 0.15) is 23.2 Å². The topological polar surface area (TPSA) is 90.3 Å². The normalized spacial score (nSPS) is 18.8. The van der Waals surface area contributed by atoms with Crippen molar-refractivity contribution < 1.29 is 4.79 Å². The van der Waals surface area contributed by atoms with Crippen molar-refractivity contribution in [2.75, 3.05) is 49.1 Å². The van der Waals surface area contributed by atoms with E-state index >= 15 is 0 Å². The highest BCUT2D eigenvalue weighted by Gasteiger charge is 2.20. The number of anilines is 2. The summed E-state index contributed by atoms with van der Waals surface area (Å²) in [5.74, 6) is 0.400. The number of rotatable bonds is 3. The SMILES string of the molecule is NC(=O)c1cc(N2CCCC2)cc2[nH]c(N3CCNCC3)nc12. The number of aromatic amines is 1. The van der Waals surface area contributed by atoms with E-state index in [4.69, 9.17) is 5.73 Å². The molecule has 0 radical (unpaired) electrons. The molecule has 4 N–H and O–H groups in total. The molecule has 0 aliphatic carbocycles. The van der Waals surface area contributed by atoms with Crippen LogP contribution in [0.15, 0.2) is 12.1 Å². The monoisotopic (exact) mass is 314 g/mol. The average molecular weight is 314 g/mol. The second-order valence-corrected chi connectivity index (χ2v) is 6.25. The Morgan fingerprint density at radius 1 is 1.09 bits per heavy atom. The summed E-state index contributed by atoms with van der Waals surface area (Å²) in [5.41, 5.74) is 8.72. The minimum Gasteiger partial charge on any atom is -0.371 e. The average Bonchev–Trinajstić information content (AvgIpc) is 3.23. The molecule has 1 aromatic heterocycles. The Morgan fingerprint density at radius 3 is 2.52 bits per heavy atom. The third kappa shape index (κ3) is 2.61. The molecule has 3 heterocycles. The number of benzene rings is 1. The van der Waals surface area contributed by atoms with Crippen LogP contribution in [0.4, 0.5) is 11.6 Å². The molecule has 0 atom stereocenters. The molecule has 122 valence electrons. The van der Waals surface area contributed by atoms with E-state index in [1.807, 2.05) is 6.07 Å². The van der Waals surface area contributed by atoms with Crippen molar-refractivity contribution in [2.45, 2.75) is 12.8 Å².